The van der Waals surface area contributed by atoms with Crippen LogP contribution >= 0.6 is 0 Å². The molecule has 4 nitrogen and oxygen atoms in total. The van der Waals surface area contributed by atoms with E-state index in [1.54, 1.807) is 0 Å². The van der Waals surface area contributed by atoms with E-state index in [9.17, 15) is 28.2 Å². The van der Waals surface area contributed by atoms with E-state index < -0.39 is 17.5 Å². The first kappa shape index (κ1) is 18.4. The maximum absolute atomic E-state index is 13.6. The van der Waals surface area contributed by atoms with Crippen molar-refractivity contribution in [3.8, 4) is 33.9 Å². The lowest BCUT2D eigenvalue weighted by Gasteiger charge is -2.16. The van der Waals surface area contributed by atoms with Crippen LogP contribution in [0.3, 0.4) is 0 Å². The fourth-order valence-corrected chi connectivity index (χ4v) is 2.76. The maximum atomic E-state index is 13.6. The number of nitrogens with zero attached hydrogens (tertiary/aromatic N) is 1. The van der Waals surface area contributed by atoms with E-state index in [-0.39, 0.29) is 39.4 Å². The van der Waals surface area contributed by atoms with Crippen molar-refractivity contribution in [2.75, 3.05) is 0 Å². The number of halogens is 3. The van der Waals surface area contributed by atoms with Crippen molar-refractivity contribution in [2.45, 2.75) is 13.1 Å². The molecule has 0 aliphatic rings. The molecule has 0 radical (unpaired) electrons. The van der Waals surface area contributed by atoms with Gasteiger partial charge in [-0.2, -0.15) is 13.2 Å². The third-order valence-electron chi connectivity index (χ3n) is 4.08. The molecule has 2 aromatic carbocycles. The van der Waals surface area contributed by atoms with E-state index in [4.69, 9.17) is 0 Å². The molecule has 27 heavy (non-hydrogen) atoms. The van der Waals surface area contributed by atoms with Crippen LogP contribution in [0.15, 0.2) is 54.7 Å². The Morgan fingerprint density at radius 2 is 1.67 bits per heavy atom. The number of aromatic nitrogens is 1. The summed E-state index contributed by atoms with van der Waals surface area (Å²) in [5.41, 5.74) is -0.843. The van der Waals surface area contributed by atoms with Crippen molar-refractivity contribution in [1.82, 2.24) is 4.98 Å². The van der Waals surface area contributed by atoms with Gasteiger partial charge >= 0.3 is 6.18 Å². The van der Waals surface area contributed by atoms with Gasteiger partial charge in [-0.3, -0.25) is 9.78 Å². The highest BCUT2D eigenvalue weighted by atomic mass is 19.4. The number of alkyl halides is 3. The summed E-state index contributed by atoms with van der Waals surface area (Å²) in [6.07, 6.45) is -3.65. The van der Waals surface area contributed by atoms with E-state index in [1.165, 1.54) is 49.4 Å². The molecule has 7 heteroatoms. The Morgan fingerprint density at radius 1 is 0.963 bits per heavy atom. The second-order valence-corrected chi connectivity index (χ2v) is 5.92. The third-order valence-corrected chi connectivity index (χ3v) is 4.08. The van der Waals surface area contributed by atoms with E-state index in [2.05, 4.69) is 4.98 Å². The van der Waals surface area contributed by atoms with Crippen molar-refractivity contribution in [2.24, 2.45) is 0 Å². The lowest BCUT2D eigenvalue weighted by atomic mass is 9.95. The number of carbonyl (C=O) groups excluding carboxylic acids is 1. The molecule has 2 N–H and O–H groups in total. The maximum Gasteiger partial charge on any atom is 0.417 e. The first-order valence-electron chi connectivity index (χ1n) is 7.88. The van der Waals surface area contributed by atoms with Gasteiger partial charge < -0.3 is 10.2 Å². The van der Waals surface area contributed by atoms with Gasteiger partial charge in [0.05, 0.1) is 23.0 Å². The predicted molar refractivity (Wildman–Crippen MR) is 93.4 cm³/mol. The molecule has 3 rings (SSSR count). The number of phenols is 1. The van der Waals surface area contributed by atoms with Gasteiger partial charge in [0, 0.05) is 11.1 Å². The number of Topliss-reactive ketones (excluding diaryl/α,β-unsaturated/α-hetero) is 1. The largest absolute Gasteiger partial charge is 0.507 e. The molecule has 0 saturated heterocycles. The highest BCUT2D eigenvalue weighted by molar-refractivity contribution is 5.97. The lowest BCUT2D eigenvalue weighted by Crippen LogP contribution is -2.08. The molecule has 0 spiro atoms. The average molecular weight is 373 g/mol. The number of aromatic hydroxyl groups is 2. The molecule has 0 aliphatic carbocycles. The second-order valence-electron chi connectivity index (χ2n) is 5.92. The molecule has 3 aromatic rings. The normalized spacial score (nSPS) is 11.4. The number of hydrogen-bond donors (Lipinski definition) is 2. The highest BCUT2D eigenvalue weighted by Gasteiger charge is 2.34. The molecule has 0 saturated carbocycles. The molecule has 0 unspecified atom stereocenters. The van der Waals surface area contributed by atoms with Crippen LogP contribution in [0.5, 0.6) is 11.5 Å². The number of carbonyl (C=O) groups is 1. The molecular formula is C20H14F3NO3. The number of benzene rings is 2. The minimum atomic E-state index is -4.67. The van der Waals surface area contributed by atoms with Crippen molar-refractivity contribution in [1.29, 1.82) is 0 Å². The van der Waals surface area contributed by atoms with Crippen LogP contribution in [0.25, 0.3) is 22.4 Å². The van der Waals surface area contributed by atoms with Crippen LogP contribution < -0.4 is 0 Å². The van der Waals surface area contributed by atoms with Crippen LogP contribution in [0, 0.1) is 0 Å². The molecule has 1 heterocycles. The van der Waals surface area contributed by atoms with Gasteiger partial charge in [0.15, 0.2) is 5.78 Å². The summed E-state index contributed by atoms with van der Waals surface area (Å²) in [6.45, 7) is 1.24. The van der Waals surface area contributed by atoms with E-state index >= 15 is 0 Å². The Labute approximate surface area is 152 Å². The zero-order valence-electron chi connectivity index (χ0n) is 14.1. The highest BCUT2D eigenvalue weighted by Crippen LogP contribution is 2.41. The van der Waals surface area contributed by atoms with Gasteiger partial charge in [0.1, 0.15) is 11.5 Å². The monoisotopic (exact) mass is 373 g/mol. The molecule has 0 atom stereocenters. The fourth-order valence-electron chi connectivity index (χ4n) is 2.76. The standard InChI is InChI=1S/C20H14F3NO3/c1-11(25)15-9-17(24-10-19(15)27)12-6-7-13(16(8-12)20(21,22)23)14-4-2-3-5-18(14)26/h2-10,26-27H,1H3. The molecule has 0 aliphatic heterocycles. The molecule has 1 aromatic heterocycles. The minimum Gasteiger partial charge on any atom is -0.507 e. The number of pyridine rings is 1. The van der Waals surface area contributed by atoms with E-state index in [0.29, 0.717) is 0 Å². The van der Waals surface area contributed by atoms with Gasteiger partial charge in [0.25, 0.3) is 0 Å². The van der Waals surface area contributed by atoms with Crippen molar-refractivity contribution in [3.05, 3.63) is 65.9 Å². The zero-order valence-corrected chi connectivity index (χ0v) is 14.1. The Morgan fingerprint density at radius 3 is 2.30 bits per heavy atom. The Hall–Kier alpha value is -3.35. The van der Waals surface area contributed by atoms with E-state index in [0.717, 1.165) is 12.3 Å². The number of phenolic OH excluding ortho intramolecular Hbond substituents is 1. The van der Waals surface area contributed by atoms with Gasteiger partial charge in [-0.1, -0.05) is 30.3 Å². The summed E-state index contributed by atoms with van der Waals surface area (Å²) in [6, 6.07) is 10.6. The smallest absolute Gasteiger partial charge is 0.417 e. The molecule has 0 fully saturated rings. The number of rotatable bonds is 3. The van der Waals surface area contributed by atoms with Crippen molar-refractivity contribution in [3.63, 3.8) is 0 Å². The van der Waals surface area contributed by atoms with Crippen LogP contribution in [0.1, 0.15) is 22.8 Å². The molecule has 0 bridgehead atoms. The number of ketones is 1. The number of hydrogen-bond acceptors (Lipinski definition) is 4. The second kappa shape index (κ2) is 6.75. The van der Waals surface area contributed by atoms with Gasteiger partial charge in [-0.15, -0.1) is 0 Å². The first-order chi connectivity index (χ1) is 12.7. The van der Waals surface area contributed by atoms with Crippen LogP contribution in [-0.4, -0.2) is 21.0 Å². The number of para-hydroxylation sites is 1. The topological polar surface area (TPSA) is 70.4 Å². The summed E-state index contributed by atoms with van der Waals surface area (Å²) in [4.78, 5) is 15.5. The zero-order chi connectivity index (χ0) is 19.8. The molecule has 138 valence electrons. The molecular weight excluding hydrogens is 359 g/mol. The Bertz CT molecular complexity index is 1030. The van der Waals surface area contributed by atoms with E-state index in [1.807, 2.05) is 0 Å². The quantitative estimate of drug-likeness (QED) is 0.631. The minimum absolute atomic E-state index is 0.0293. The van der Waals surface area contributed by atoms with Crippen LogP contribution in [-0.2, 0) is 6.18 Å². The van der Waals surface area contributed by atoms with Gasteiger partial charge in [0.2, 0.25) is 0 Å². The van der Waals surface area contributed by atoms with Gasteiger partial charge in [-0.25, -0.2) is 0 Å². The van der Waals surface area contributed by atoms with Gasteiger partial charge in [-0.05, 0) is 30.7 Å². The summed E-state index contributed by atoms with van der Waals surface area (Å²) < 4.78 is 40.9. The summed E-state index contributed by atoms with van der Waals surface area (Å²) >= 11 is 0. The third kappa shape index (κ3) is 3.62. The fraction of sp³-hybridized carbons (Fsp3) is 0.100. The summed E-state index contributed by atoms with van der Waals surface area (Å²) in [7, 11) is 0. The summed E-state index contributed by atoms with van der Waals surface area (Å²) in [5, 5.41) is 19.6. The van der Waals surface area contributed by atoms with Crippen LogP contribution in [0.4, 0.5) is 13.2 Å². The van der Waals surface area contributed by atoms with Crippen LogP contribution in [0.2, 0.25) is 0 Å². The van der Waals surface area contributed by atoms with Crippen molar-refractivity contribution < 1.29 is 28.2 Å². The Balaban J connectivity index is 2.20. The average Bonchev–Trinajstić information content (AvgIpc) is 2.61. The lowest BCUT2D eigenvalue weighted by molar-refractivity contribution is -0.137. The van der Waals surface area contributed by atoms with Crippen molar-refractivity contribution >= 4 is 5.78 Å². The SMILES string of the molecule is CC(=O)c1cc(-c2ccc(-c3ccccc3O)c(C(F)(F)F)c2)ncc1O. The first-order valence-corrected chi connectivity index (χ1v) is 7.88. The molecule has 0 amide bonds. The Kier molecular flexibility index (Phi) is 4.61. The summed E-state index contributed by atoms with van der Waals surface area (Å²) in [5.74, 6) is -1.04. The predicted octanol–water partition coefficient (Wildman–Crippen LogP) is 5.05.